The van der Waals surface area contributed by atoms with Crippen LogP contribution in [0.3, 0.4) is 0 Å². The van der Waals surface area contributed by atoms with Crippen LogP contribution in [0.25, 0.3) is 6.08 Å². The minimum atomic E-state index is -0.303. The molecule has 0 aliphatic rings. The summed E-state index contributed by atoms with van der Waals surface area (Å²) in [6.07, 6.45) is 7.59. The van der Waals surface area contributed by atoms with E-state index < -0.39 is 0 Å². The maximum atomic E-state index is 11.6. The molecule has 0 radical (unpaired) electrons. The van der Waals surface area contributed by atoms with Crippen molar-refractivity contribution in [2.24, 2.45) is 0 Å². The highest BCUT2D eigenvalue weighted by Gasteiger charge is 2.03. The van der Waals surface area contributed by atoms with Gasteiger partial charge in [-0.2, -0.15) is 0 Å². The molecule has 0 N–H and O–H groups in total. The lowest BCUT2D eigenvalue weighted by atomic mass is 10.2. The minimum absolute atomic E-state index is 0.271. The van der Waals surface area contributed by atoms with E-state index in [0.717, 1.165) is 5.56 Å². The fourth-order valence-corrected chi connectivity index (χ4v) is 1.65. The van der Waals surface area contributed by atoms with Crippen LogP contribution in [0.2, 0.25) is 0 Å². The molecule has 0 saturated carbocycles. The maximum Gasteiger partial charge on any atom is 0.338 e. The second-order valence-electron chi connectivity index (χ2n) is 4.16. The van der Waals surface area contributed by atoms with E-state index in [0.29, 0.717) is 5.56 Å². The summed E-state index contributed by atoms with van der Waals surface area (Å²) in [6, 6.07) is 19.0. The Bertz CT molecular complexity index is 583. The highest BCUT2D eigenvalue weighted by atomic mass is 16.5. The molecule has 0 amide bonds. The summed E-state index contributed by atoms with van der Waals surface area (Å²) in [5.74, 6) is -0.303. The topological polar surface area (TPSA) is 26.3 Å². The van der Waals surface area contributed by atoms with Gasteiger partial charge in [0.1, 0.15) is 6.61 Å². The van der Waals surface area contributed by atoms with Gasteiger partial charge in [0.25, 0.3) is 0 Å². The number of allylic oxidation sites excluding steroid dienone is 2. The summed E-state index contributed by atoms with van der Waals surface area (Å²) in [4.78, 5) is 11.6. The molecule has 2 nitrogen and oxygen atoms in total. The SMILES string of the molecule is O=C(OC/C=C/C=Cc1ccccc1)c1ccccc1. The summed E-state index contributed by atoms with van der Waals surface area (Å²) in [5, 5.41) is 0. The molecule has 2 rings (SSSR count). The van der Waals surface area contributed by atoms with Gasteiger partial charge in [0.05, 0.1) is 5.56 Å². The van der Waals surface area contributed by atoms with Crippen LogP contribution in [0, 0.1) is 0 Å². The van der Waals surface area contributed by atoms with Gasteiger partial charge in [-0.05, 0) is 23.8 Å². The summed E-state index contributed by atoms with van der Waals surface area (Å²) < 4.78 is 5.12. The number of carbonyl (C=O) groups excluding carboxylic acids is 1. The van der Waals surface area contributed by atoms with E-state index in [4.69, 9.17) is 4.74 Å². The monoisotopic (exact) mass is 264 g/mol. The molecule has 0 aliphatic carbocycles. The third kappa shape index (κ3) is 4.58. The van der Waals surface area contributed by atoms with Crippen LogP contribution in [0.15, 0.2) is 78.9 Å². The second-order valence-corrected chi connectivity index (χ2v) is 4.16. The van der Waals surface area contributed by atoms with Crippen LogP contribution in [0.1, 0.15) is 15.9 Å². The number of hydrogen-bond donors (Lipinski definition) is 0. The van der Waals surface area contributed by atoms with Crippen LogP contribution in [-0.4, -0.2) is 12.6 Å². The number of rotatable bonds is 5. The van der Waals surface area contributed by atoms with Gasteiger partial charge in [0.2, 0.25) is 0 Å². The predicted molar refractivity (Wildman–Crippen MR) is 81.3 cm³/mol. The van der Waals surface area contributed by atoms with Crippen molar-refractivity contribution in [3.8, 4) is 0 Å². The van der Waals surface area contributed by atoms with Crippen molar-refractivity contribution in [1.82, 2.24) is 0 Å². The zero-order chi connectivity index (χ0) is 14.0. The maximum absolute atomic E-state index is 11.6. The number of ether oxygens (including phenoxy) is 1. The van der Waals surface area contributed by atoms with Crippen molar-refractivity contribution in [3.63, 3.8) is 0 Å². The van der Waals surface area contributed by atoms with E-state index in [1.54, 1.807) is 18.2 Å². The summed E-state index contributed by atoms with van der Waals surface area (Å²) in [6.45, 7) is 0.271. The number of hydrogen-bond acceptors (Lipinski definition) is 2. The average Bonchev–Trinajstić information content (AvgIpc) is 2.52. The predicted octanol–water partition coefficient (Wildman–Crippen LogP) is 4.11. The Morgan fingerprint density at radius 2 is 1.55 bits per heavy atom. The molecule has 0 bridgehead atoms. The van der Waals surface area contributed by atoms with Crippen LogP contribution < -0.4 is 0 Å². The van der Waals surface area contributed by atoms with E-state index in [9.17, 15) is 4.79 Å². The number of esters is 1. The average molecular weight is 264 g/mol. The Morgan fingerprint density at radius 1 is 0.900 bits per heavy atom. The first-order valence-electron chi connectivity index (χ1n) is 6.47. The molecule has 0 aliphatic heterocycles. The normalized spacial score (nSPS) is 11.0. The molecular weight excluding hydrogens is 248 g/mol. The molecule has 2 aromatic carbocycles. The van der Waals surface area contributed by atoms with Crippen molar-refractivity contribution >= 4 is 12.0 Å². The lowest BCUT2D eigenvalue weighted by molar-refractivity contribution is 0.0549. The van der Waals surface area contributed by atoms with Crippen molar-refractivity contribution in [2.75, 3.05) is 6.61 Å². The second kappa shape index (κ2) is 7.74. The van der Waals surface area contributed by atoms with Crippen LogP contribution in [0.4, 0.5) is 0 Å². The Labute approximate surface area is 119 Å². The molecule has 0 atom stereocenters. The third-order valence-electron chi connectivity index (χ3n) is 2.66. The Morgan fingerprint density at radius 3 is 2.25 bits per heavy atom. The van der Waals surface area contributed by atoms with Gasteiger partial charge in [0, 0.05) is 0 Å². The standard InChI is InChI=1S/C18H16O2/c19-18(17-13-7-2-8-14-17)20-15-9-3-6-12-16-10-4-1-5-11-16/h1-14H,15H2/b9-3+,12-6?. The minimum Gasteiger partial charge on any atom is -0.458 e. The van der Waals surface area contributed by atoms with Gasteiger partial charge in [-0.15, -0.1) is 0 Å². The van der Waals surface area contributed by atoms with E-state index >= 15 is 0 Å². The van der Waals surface area contributed by atoms with Crippen LogP contribution in [-0.2, 0) is 4.74 Å². The van der Waals surface area contributed by atoms with Crippen molar-refractivity contribution in [1.29, 1.82) is 0 Å². The molecule has 0 fully saturated rings. The van der Waals surface area contributed by atoms with Gasteiger partial charge < -0.3 is 4.74 Å². The molecule has 20 heavy (non-hydrogen) atoms. The summed E-state index contributed by atoms with van der Waals surface area (Å²) >= 11 is 0. The van der Waals surface area contributed by atoms with E-state index in [1.165, 1.54) is 0 Å². The lowest BCUT2D eigenvalue weighted by Crippen LogP contribution is -2.04. The molecular formula is C18H16O2. The molecule has 0 unspecified atom stereocenters. The first-order chi connectivity index (χ1) is 9.86. The molecule has 0 aromatic heterocycles. The lowest BCUT2D eigenvalue weighted by Gasteiger charge is -2.00. The van der Waals surface area contributed by atoms with Crippen molar-refractivity contribution < 1.29 is 9.53 Å². The van der Waals surface area contributed by atoms with E-state index in [-0.39, 0.29) is 12.6 Å². The smallest absolute Gasteiger partial charge is 0.338 e. The number of carbonyl (C=O) groups is 1. The molecule has 2 heteroatoms. The van der Waals surface area contributed by atoms with Gasteiger partial charge in [-0.25, -0.2) is 4.79 Å². The summed E-state index contributed by atoms with van der Waals surface area (Å²) in [5.41, 5.74) is 1.71. The molecule has 100 valence electrons. The van der Waals surface area contributed by atoms with Crippen molar-refractivity contribution in [3.05, 3.63) is 90.0 Å². The van der Waals surface area contributed by atoms with Gasteiger partial charge in [-0.1, -0.05) is 66.8 Å². The zero-order valence-corrected chi connectivity index (χ0v) is 11.1. The van der Waals surface area contributed by atoms with Crippen LogP contribution in [0.5, 0.6) is 0 Å². The molecule has 0 saturated heterocycles. The van der Waals surface area contributed by atoms with Crippen LogP contribution >= 0.6 is 0 Å². The third-order valence-corrected chi connectivity index (χ3v) is 2.66. The fourth-order valence-electron chi connectivity index (χ4n) is 1.65. The first kappa shape index (κ1) is 13.8. The molecule has 2 aromatic rings. The quantitative estimate of drug-likeness (QED) is 0.600. The van der Waals surface area contributed by atoms with Gasteiger partial charge >= 0.3 is 5.97 Å². The Balaban J connectivity index is 1.75. The highest BCUT2D eigenvalue weighted by molar-refractivity contribution is 5.89. The Hall–Kier alpha value is -2.61. The van der Waals surface area contributed by atoms with Gasteiger partial charge in [-0.3, -0.25) is 0 Å². The van der Waals surface area contributed by atoms with Crippen molar-refractivity contribution in [2.45, 2.75) is 0 Å². The van der Waals surface area contributed by atoms with E-state index in [1.807, 2.05) is 66.8 Å². The Kier molecular flexibility index (Phi) is 5.35. The molecule has 0 spiro atoms. The number of benzene rings is 2. The fraction of sp³-hybridized carbons (Fsp3) is 0.0556. The zero-order valence-electron chi connectivity index (χ0n) is 11.1. The van der Waals surface area contributed by atoms with E-state index in [2.05, 4.69) is 0 Å². The van der Waals surface area contributed by atoms with Gasteiger partial charge in [0.15, 0.2) is 0 Å². The largest absolute Gasteiger partial charge is 0.458 e. The molecule has 0 heterocycles. The summed E-state index contributed by atoms with van der Waals surface area (Å²) in [7, 11) is 0. The highest BCUT2D eigenvalue weighted by Crippen LogP contribution is 2.02. The first-order valence-corrected chi connectivity index (χ1v) is 6.47.